The highest BCUT2D eigenvalue weighted by Gasteiger charge is 2.52. The van der Waals surface area contributed by atoms with E-state index >= 15 is 0 Å². The van der Waals surface area contributed by atoms with Crippen LogP contribution in [0.25, 0.3) is 0 Å². The van der Waals surface area contributed by atoms with Crippen LogP contribution in [0, 0.1) is 5.92 Å². The van der Waals surface area contributed by atoms with Crippen molar-refractivity contribution < 1.29 is 24.2 Å². The quantitative estimate of drug-likeness (QED) is 0.0448. The second kappa shape index (κ2) is 24.4. The summed E-state index contributed by atoms with van der Waals surface area (Å²) in [6.45, 7) is 4.44. The van der Waals surface area contributed by atoms with Crippen LogP contribution in [-0.2, 0) is 14.2 Å². The van der Waals surface area contributed by atoms with E-state index < -0.39 is 31.0 Å². The van der Waals surface area contributed by atoms with Gasteiger partial charge in [-0.05, 0) is 12.8 Å². The summed E-state index contributed by atoms with van der Waals surface area (Å²) in [5.74, 6) is -2.78. The number of ketones is 2. The van der Waals surface area contributed by atoms with Crippen LogP contribution in [0.2, 0.25) is 0 Å². The number of Topliss-reactive ketones (excluding diaryl/α,β-unsaturated/α-hetero) is 2. The third-order valence-electron chi connectivity index (χ3n) is 7.41. The molecule has 3 N–H and O–H groups in total. The largest absolute Gasteiger partial charge is 0.592 e. The molecule has 0 aromatic rings. The number of hydrogen-bond donors (Lipinski definition) is 2. The topological polar surface area (TPSA) is 121 Å². The van der Waals surface area contributed by atoms with E-state index in [1.165, 1.54) is 89.9 Å². The van der Waals surface area contributed by atoms with Crippen molar-refractivity contribution in [2.24, 2.45) is 11.7 Å². The molecule has 0 saturated heterocycles. The van der Waals surface area contributed by atoms with E-state index in [0.717, 1.165) is 38.5 Å². The fourth-order valence-corrected chi connectivity index (χ4v) is 5.47. The van der Waals surface area contributed by atoms with Crippen molar-refractivity contribution in [2.45, 2.75) is 173 Å². The smallest absolute Gasteiger partial charge is 0.363 e. The maximum absolute atomic E-state index is 12.8. The number of unbranched alkanes of at least 4 members (excludes halogenated alkanes) is 20. The zero-order chi connectivity index (χ0) is 27.8. The van der Waals surface area contributed by atoms with Crippen LogP contribution in [0.5, 0.6) is 0 Å². The lowest BCUT2D eigenvalue weighted by Gasteiger charge is -2.23. The standard InChI is InChI=1S/C30H58NO5P/c1-3-5-7-9-11-13-15-17-19-21-23-25-27(32)29(30(31,34)37(35)36)28(33)26-24-22-20-18-16-14-12-10-8-6-4-2/h29,34H,3-26,31H2,1-2H3. The van der Waals surface area contributed by atoms with Gasteiger partial charge in [-0.25, -0.2) is 0 Å². The Morgan fingerprint density at radius 1 is 0.622 bits per heavy atom. The zero-order valence-electron chi connectivity index (χ0n) is 24.2. The molecule has 0 aromatic heterocycles. The number of aliphatic hydroxyl groups is 1. The van der Waals surface area contributed by atoms with E-state index in [0.29, 0.717) is 12.8 Å². The first-order chi connectivity index (χ1) is 17.8. The summed E-state index contributed by atoms with van der Waals surface area (Å²) < 4.78 is 11.5. The molecular weight excluding hydrogens is 485 g/mol. The van der Waals surface area contributed by atoms with Gasteiger partial charge in [0.15, 0.2) is 17.5 Å². The van der Waals surface area contributed by atoms with Gasteiger partial charge in [0.25, 0.3) is 0 Å². The molecule has 0 amide bonds. The van der Waals surface area contributed by atoms with Gasteiger partial charge in [-0.3, -0.25) is 15.3 Å². The summed E-state index contributed by atoms with van der Waals surface area (Å²) in [6.07, 6.45) is 25.2. The Kier molecular flexibility index (Phi) is 23.9. The van der Waals surface area contributed by atoms with Crippen molar-refractivity contribution in [3.05, 3.63) is 0 Å². The Morgan fingerprint density at radius 3 is 1.11 bits per heavy atom. The average molecular weight is 544 g/mol. The van der Waals surface area contributed by atoms with E-state index in [4.69, 9.17) is 5.73 Å². The van der Waals surface area contributed by atoms with Crippen molar-refractivity contribution in [1.29, 1.82) is 0 Å². The predicted octanol–water partition coefficient (Wildman–Crippen LogP) is 7.85. The maximum Gasteiger partial charge on any atom is 0.363 e. The van der Waals surface area contributed by atoms with Gasteiger partial charge in [-0.15, -0.1) is 0 Å². The third kappa shape index (κ3) is 19.1. The monoisotopic (exact) mass is 543 g/mol. The van der Waals surface area contributed by atoms with Gasteiger partial charge < -0.3 is 10.00 Å². The van der Waals surface area contributed by atoms with Gasteiger partial charge in [0.05, 0.1) is 0 Å². The summed E-state index contributed by atoms with van der Waals surface area (Å²) in [7, 11) is -3.53. The van der Waals surface area contributed by atoms with Gasteiger partial charge in [-0.1, -0.05) is 147 Å². The molecule has 6 nitrogen and oxygen atoms in total. The maximum atomic E-state index is 12.8. The van der Waals surface area contributed by atoms with Crippen LogP contribution in [0.15, 0.2) is 0 Å². The van der Waals surface area contributed by atoms with E-state index in [-0.39, 0.29) is 12.8 Å². The van der Waals surface area contributed by atoms with Gasteiger partial charge >= 0.3 is 13.5 Å². The number of hydrogen-bond acceptors (Lipinski definition) is 6. The van der Waals surface area contributed by atoms with E-state index in [1.54, 1.807) is 0 Å². The summed E-state index contributed by atoms with van der Waals surface area (Å²) in [5, 5.41) is 10.3. The lowest BCUT2D eigenvalue weighted by molar-refractivity contribution is -0.185. The Balaban J connectivity index is 4.22. The SMILES string of the molecule is CCCCCCCCCCCCCC(=O)C(C(=O)CCCCCCCCCCCCC)C(N)(O)[P+](=O)[O-]. The molecule has 0 radical (unpaired) electrons. The van der Waals surface area contributed by atoms with E-state index in [1.807, 2.05) is 0 Å². The van der Waals surface area contributed by atoms with E-state index in [2.05, 4.69) is 13.8 Å². The molecule has 218 valence electrons. The van der Waals surface area contributed by atoms with Crippen LogP contribution in [0.1, 0.15) is 168 Å². The molecule has 2 unspecified atom stereocenters. The van der Waals surface area contributed by atoms with Crippen LogP contribution >= 0.6 is 8.03 Å². The third-order valence-corrected chi connectivity index (χ3v) is 8.26. The van der Waals surface area contributed by atoms with Crippen molar-refractivity contribution in [1.82, 2.24) is 0 Å². The fraction of sp³-hybridized carbons (Fsp3) is 0.933. The Bertz CT molecular complexity index is 559. The second-order valence-corrected chi connectivity index (χ2v) is 12.2. The van der Waals surface area contributed by atoms with Crippen LogP contribution < -0.4 is 10.6 Å². The summed E-state index contributed by atoms with van der Waals surface area (Å²) >= 11 is 0. The first-order valence-electron chi connectivity index (χ1n) is 15.5. The molecule has 0 spiro atoms. The lowest BCUT2D eigenvalue weighted by Crippen LogP contribution is -2.52. The predicted molar refractivity (Wildman–Crippen MR) is 152 cm³/mol. The highest BCUT2D eigenvalue weighted by atomic mass is 31.1. The molecule has 0 heterocycles. The number of rotatable bonds is 28. The molecular formula is C30H58NO5P. The second-order valence-electron chi connectivity index (χ2n) is 11.0. The van der Waals surface area contributed by atoms with E-state index in [9.17, 15) is 24.2 Å². The summed E-state index contributed by atoms with van der Waals surface area (Å²) in [4.78, 5) is 37.1. The molecule has 37 heavy (non-hydrogen) atoms. The van der Waals surface area contributed by atoms with Gasteiger partial charge in [0.1, 0.15) is 0 Å². The normalized spacial score (nSPS) is 13.6. The first kappa shape index (κ1) is 36.3. The average Bonchev–Trinajstić information content (AvgIpc) is 2.85. The molecule has 0 aliphatic rings. The molecule has 0 aliphatic carbocycles. The minimum absolute atomic E-state index is 0.0777. The minimum Gasteiger partial charge on any atom is -0.592 e. The zero-order valence-corrected chi connectivity index (χ0v) is 25.0. The molecule has 0 saturated carbocycles. The first-order valence-corrected chi connectivity index (χ1v) is 16.7. The molecule has 0 rings (SSSR count). The number of carbonyl (C=O) groups is 2. The van der Waals surface area contributed by atoms with Crippen molar-refractivity contribution in [2.75, 3.05) is 0 Å². The van der Waals surface area contributed by atoms with Crippen molar-refractivity contribution in [3.63, 3.8) is 0 Å². The molecule has 7 heteroatoms. The van der Waals surface area contributed by atoms with Crippen LogP contribution in [0.4, 0.5) is 0 Å². The lowest BCUT2D eigenvalue weighted by atomic mass is 9.90. The molecule has 0 aliphatic heterocycles. The molecule has 0 bridgehead atoms. The summed E-state index contributed by atoms with van der Waals surface area (Å²) in [6, 6.07) is 0. The minimum atomic E-state index is -3.53. The van der Waals surface area contributed by atoms with Crippen LogP contribution in [0.3, 0.4) is 0 Å². The Labute approximate surface area is 228 Å². The molecule has 2 atom stereocenters. The molecule has 0 aromatic carbocycles. The van der Waals surface area contributed by atoms with Crippen molar-refractivity contribution >= 4 is 19.6 Å². The summed E-state index contributed by atoms with van der Waals surface area (Å²) in [5.41, 5.74) is 2.77. The van der Waals surface area contributed by atoms with Crippen LogP contribution in [-0.4, -0.2) is 22.1 Å². The van der Waals surface area contributed by atoms with Crippen molar-refractivity contribution in [3.8, 4) is 0 Å². The Hall–Kier alpha value is -0.680. The highest BCUT2D eigenvalue weighted by Crippen LogP contribution is 2.34. The fourth-order valence-electron chi connectivity index (χ4n) is 4.97. The highest BCUT2D eigenvalue weighted by molar-refractivity contribution is 7.38. The van der Waals surface area contributed by atoms with Gasteiger partial charge in [-0.2, -0.15) is 0 Å². The Morgan fingerprint density at radius 2 is 0.865 bits per heavy atom. The number of nitrogens with two attached hydrogens (primary N) is 1. The van der Waals surface area contributed by atoms with Gasteiger partial charge in [0.2, 0.25) is 0 Å². The molecule has 0 fully saturated rings. The van der Waals surface area contributed by atoms with Gasteiger partial charge in [0, 0.05) is 12.8 Å². The number of carbonyl (C=O) groups excluding carboxylic acids is 2.